The van der Waals surface area contributed by atoms with Crippen molar-refractivity contribution < 1.29 is 14.3 Å². The summed E-state index contributed by atoms with van der Waals surface area (Å²) in [7, 11) is 1.54. The third-order valence-corrected chi connectivity index (χ3v) is 4.22. The van der Waals surface area contributed by atoms with Crippen molar-refractivity contribution in [2.24, 2.45) is 0 Å². The Labute approximate surface area is 139 Å². The fraction of sp³-hybridized carbons (Fsp3) is 0.353. The molecule has 0 atom stereocenters. The third kappa shape index (κ3) is 4.39. The van der Waals surface area contributed by atoms with Crippen LogP contribution in [0.25, 0.3) is 0 Å². The zero-order valence-corrected chi connectivity index (χ0v) is 14.5. The number of anilines is 1. The summed E-state index contributed by atoms with van der Waals surface area (Å²) in [6.45, 7) is 5.59. The first-order chi connectivity index (χ1) is 10.9. The number of carbonyl (C=O) groups excluding carboxylic acids is 2. The minimum absolute atomic E-state index is 0.112. The summed E-state index contributed by atoms with van der Waals surface area (Å²) in [5.74, 6) is 0.608. The standard InChI is InChI=1S/C17H20N2O3S/c1-10(2)15-9-23-17(19-15)8-16(21)18-14-7-12(22-4)5-6-13(14)11(3)20/h5-7,9-10H,8H2,1-4H3,(H,18,21). The molecule has 6 heteroatoms. The fourth-order valence-corrected chi connectivity index (χ4v) is 3.02. The molecule has 0 radical (unpaired) electrons. The number of benzene rings is 1. The SMILES string of the molecule is COc1ccc(C(C)=O)c(NC(=O)Cc2nc(C(C)C)cs2)c1. The molecule has 23 heavy (non-hydrogen) atoms. The van der Waals surface area contributed by atoms with Crippen molar-refractivity contribution in [2.45, 2.75) is 33.1 Å². The van der Waals surface area contributed by atoms with Gasteiger partial charge in [-0.05, 0) is 25.0 Å². The highest BCUT2D eigenvalue weighted by molar-refractivity contribution is 7.09. The van der Waals surface area contributed by atoms with E-state index in [1.165, 1.54) is 25.4 Å². The van der Waals surface area contributed by atoms with Crippen LogP contribution in [-0.4, -0.2) is 23.8 Å². The molecule has 122 valence electrons. The van der Waals surface area contributed by atoms with Crippen LogP contribution in [0, 0.1) is 0 Å². The number of nitrogens with one attached hydrogen (secondary N) is 1. The number of nitrogens with zero attached hydrogens (tertiary/aromatic N) is 1. The molecule has 5 nitrogen and oxygen atoms in total. The Bertz CT molecular complexity index is 722. The summed E-state index contributed by atoms with van der Waals surface area (Å²) in [6.07, 6.45) is 0.186. The van der Waals surface area contributed by atoms with Crippen LogP contribution in [-0.2, 0) is 11.2 Å². The van der Waals surface area contributed by atoms with E-state index in [-0.39, 0.29) is 18.1 Å². The molecule has 0 aliphatic heterocycles. The van der Waals surface area contributed by atoms with Crippen LogP contribution >= 0.6 is 11.3 Å². The average molecular weight is 332 g/mol. The van der Waals surface area contributed by atoms with Crippen molar-refractivity contribution in [1.29, 1.82) is 0 Å². The second kappa shape index (κ2) is 7.37. The van der Waals surface area contributed by atoms with E-state index in [1.807, 2.05) is 5.38 Å². The van der Waals surface area contributed by atoms with Crippen LogP contribution < -0.4 is 10.1 Å². The lowest BCUT2D eigenvalue weighted by Crippen LogP contribution is -2.16. The number of amides is 1. The molecule has 0 unspecified atom stereocenters. The summed E-state index contributed by atoms with van der Waals surface area (Å²) < 4.78 is 5.15. The molecule has 0 saturated heterocycles. The lowest BCUT2D eigenvalue weighted by molar-refractivity contribution is -0.115. The number of thiazole rings is 1. The predicted octanol–water partition coefficient (Wildman–Crippen LogP) is 3.66. The van der Waals surface area contributed by atoms with E-state index >= 15 is 0 Å². The maximum absolute atomic E-state index is 12.2. The van der Waals surface area contributed by atoms with Crippen LogP contribution in [0.5, 0.6) is 5.75 Å². The fourth-order valence-electron chi connectivity index (χ4n) is 2.06. The van der Waals surface area contributed by atoms with E-state index in [0.29, 0.717) is 22.9 Å². The van der Waals surface area contributed by atoms with Crippen molar-refractivity contribution in [3.8, 4) is 5.75 Å². The highest BCUT2D eigenvalue weighted by Gasteiger charge is 2.14. The molecule has 0 aliphatic carbocycles. The van der Waals surface area contributed by atoms with Gasteiger partial charge in [-0.2, -0.15) is 0 Å². The van der Waals surface area contributed by atoms with E-state index in [9.17, 15) is 9.59 Å². The number of aromatic nitrogens is 1. The Hall–Kier alpha value is -2.21. The topological polar surface area (TPSA) is 68.3 Å². The first-order valence-corrected chi connectivity index (χ1v) is 8.21. The summed E-state index contributed by atoms with van der Waals surface area (Å²) >= 11 is 1.47. The van der Waals surface area contributed by atoms with E-state index in [2.05, 4.69) is 24.1 Å². The molecular weight excluding hydrogens is 312 g/mol. The average Bonchev–Trinajstić information content (AvgIpc) is 2.95. The molecule has 2 rings (SSSR count). The zero-order valence-electron chi connectivity index (χ0n) is 13.7. The van der Waals surface area contributed by atoms with Gasteiger partial charge in [0.1, 0.15) is 10.8 Å². The second-order valence-corrected chi connectivity index (χ2v) is 6.46. The molecule has 2 aromatic rings. The summed E-state index contributed by atoms with van der Waals surface area (Å²) in [5, 5.41) is 5.51. The highest BCUT2D eigenvalue weighted by atomic mass is 32.1. The van der Waals surface area contributed by atoms with Crippen molar-refractivity contribution in [1.82, 2.24) is 4.98 Å². The first-order valence-electron chi connectivity index (χ1n) is 7.33. The van der Waals surface area contributed by atoms with Gasteiger partial charge in [0.25, 0.3) is 0 Å². The van der Waals surface area contributed by atoms with Crippen LogP contribution in [0.15, 0.2) is 23.6 Å². The number of ketones is 1. The number of hydrogen-bond acceptors (Lipinski definition) is 5. The number of methoxy groups -OCH3 is 1. The smallest absolute Gasteiger partial charge is 0.231 e. The van der Waals surface area contributed by atoms with Gasteiger partial charge in [0.05, 0.1) is 24.9 Å². The molecule has 0 saturated carbocycles. The van der Waals surface area contributed by atoms with Crippen LogP contribution in [0.4, 0.5) is 5.69 Å². The molecule has 1 N–H and O–H groups in total. The minimum Gasteiger partial charge on any atom is -0.497 e. The van der Waals surface area contributed by atoms with Gasteiger partial charge in [-0.1, -0.05) is 13.8 Å². The monoisotopic (exact) mass is 332 g/mol. The minimum atomic E-state index is -0.203. The van der Waals surface area contributed by atoms with Crippen LogP contribution in [0.2, 0.25) is 0 Å². The summed E-state index contributed by atoms with van der Waals surface area (Å²) in [6, 6.07) is 5.00. The highest BCUT2D eigenvalue weighted by Crippen LogP contribution is 2.24. The Balaban J connectivity index is 2.14. The molecule has 1 aromatic carbocycles. The van der Waals surface area contributed by atoms with Gasteiger partial charge in [-0.15, -0.1) is 11.3 Å². The molecular formula is C17H20N2O3S. The van der Waals surface area contributed by atoms with Crippen molar-refractivity contribution in [3.05, 3.63) is 39.8 Å². The molecule has 1 aromatic heterocycles. The summed E-state index contributed by atoms with van der Waals surface area (Å²) in [4.78, 5) is 28.4. The number of carbonyl (C=O) groups is 2. The van der Waals surface area contributed by atoms with E-state index in [1.54, 1.807) is 18.2 Å². The zero-order chi connectivity index (χ0) is 17.0. The quantitative estimate of drug-likeness (QED) is 0.820. The lowest BCUT2D eigenvalue weighted by atomic mass is 10.1. The Morgan fingerprint density at radius 1 is 1.35 bits per heavy atom. The van der Waals surface area contributed by atoms with Gasteiger partial charge >= 0.3 is 0 Å². The molecule has 0 fully saturated rings. The Morgan fingerprint density at radius 3 is 2.65 bits per heavy atom. The Morgan fingerprint density at radius 2 is 2.09 bits per heavy atom. The molecule has 0 bridgehead atoms. The molecule has 1 heterocycles. The second-order valence-electron chi connectivity index (χ2n) is 5.51. The molecule has 0 aliphatic rings. The number of Topliss-reactive ketones (excluding diaryl/α,β-unsaturated/α-hetero) is 1. The maximum Gasteiger partial charge on any atom is 0.231 e. The third-order valence-electron chi connectivity index (χ3n) is 3.35. The summed E-state index contributed by atoms with van der Waals surface area (Å²) in [5.41, 5.74) is 1.91. The van der Waals surface area contributed by atoms with Gasteiger partial charge in [-0.3, -0.25) is 9.59 Å². The lowest BCUT2D eigenvalue weighted by Gasteiger charge is -2.10. The number of ether oxygens (including phenoxy) is 1. The normalized spacial score (nSPS) is 10.7. The van der Waals surface area contributed by atoms with Crippen molar-refractivity contribution in [2.75, 3.05) is 12.4 Å². The van der Waals surface area contributed by atoms with Gasteiger partial charge in [0.15, 0.2) is 5.78 Å². The van der Waals surface area contributed by atoms with Gasteiger partial charge in [0, 0.05) is 17.0 Å². The molecule has 0 spiro atoms. The van der Waals surface area contributed by atoms with Gasteiger partial charge in [0.2, 0.25) is 5.91 Å². The first kappa shape index (κ1) is 17.1. The number of rotatable bonds is 6. The van der Waals surface area contributed by atoms with Crippen LogP contribution in [0.1, 0.15) is 47.7 Å². The number of hydrogen-bond donors (Lipinski definition) is 1. The van der Waals surface area contributed by atoms with Crippen molar-refractivity contribution in [3.63, 3.8) is 0 Å². The van der Waals surface area contributed by atoms with Gasteiger partial charge < -0.3 is 10.1 Å². The van der Waals surface area contributed by atoms with Crippen LogP contribution in [0.3, 0.4) is 0 Å². The van der Waals surface area contributed by atoms with E-state index in [4.69, 9.17) is 4.74 Å². The maximum atomic E-state index is 12.2. The predicted molar refractivity (Wildman–Crippen MR) is 91.5 cm³/mol. The largest absolute Gasteiger partial charge is 0.497 e. The van der Waals surface area contributed by atoms with Crippen molar-refractivity contribution >= 4 is 28.7 Å². The van der Waals surface area contributed by atoms with Gasteiger partial charge in [-0.25, -0.2) is 4.98 Å². The Kier molecular flexibility index (Phi) is 5.50. The molecule has 1 amide bonds. The van der Waals surface area contributed by atoms with E-state index < -0.39 is 0 Å². The van der Waals surface area contributed by atoms with E-state index in [0.717, 1.165) is 10.7 Å².